The number of hydrogen-bond acceptors (Lipinski definition) is 4. The van der Waals surface area contributed by atoms with Gasteiger partial charge in [0.1, 0.15) is 5.75 Å². The molecule has 0 aliphatic carbocycles. The smallest absolute Gasteiger partial charge is 0.266 e. The van der Waals surface area contributed by atoms with Gasteiger partial charge in [-0.05, 0) is 48.9 Å². The highest BCUT2D eigenvalue weighted by atomic mass is 35.5. The van der Waals surface area contributed by atoms with E-state index in [-0.39, 0.29) is 5.91 Å². The Morgan fingerprint density at radius 2 is 1.73 bits per heavy atom. The molecule has 0 aliphatic rings. The monoisotopic (exact) mass is 406 g/mol. The fourth-order valence-electron chi connectivity index (χ4n) is 2.23. The van der Waals surface area contributed by atoms with Gasteiger partial charge in [-0.25, -0.2) is 4.98 Å². The van der Waals surface area contributed by atoms with Crippen molar-refractivity contribution < 1.29 is 9.53 Å². The van der Waals surface area contributed by atoms with E-state index in [2.05, 4.69) is 10.3 Å². The molecule has 4 nitrogen and oxygen atoms in total. The van der Waals surface area contributed by atoms with E-state index in [1.54, 1.807) is 37.4 Å². The van der Waals surface area contributed by atoms with Crippen LogP contribution in [0.25, 0.3) is 0 Å². The van der Waals surface area contributed by atoms with Crippen molar-refractivity contribution in [3.63, 3.8) is 0 Å². The van der Waals surface area contributed by atoms with Crippen molar-refractivity contribution in [1.82, 2.24) is 4.98 Å². The summed E-state index contributed by atoms with van der Waals surface area (Å²) in [4.78, 5) is 17.6. The van der Waals surface area contributed by atoms with Gasteiger partial charge in [0.15, 0.2) is 11.2 Å². The standard InChI is InChI=1S/C19H16Cl2N2O2S/c1-12(25-16-8-6-15(21)7-9-16)18(24)23-19-22-11-17(26-19)10-13-2-4-14(20)5-3-13/h2-9,11-12H,10H2,1H3,(H,22,23,24). The highest BCUT2D eigenvalue weighted by molar-refractivity contribution is 7.15. The first-order chi connectivity index (χ1) is 12.5. The Morgan fingerprint density at radius 1 is 1.12 bits per heavy atom. The van der Waals surface area contributed by atoms with Crippen molar-refractivity contribution in [2.45, 2.75) is 19.4 Å². The number of carbonyl (C=O) groups excluding carboxylic acids is 1. The molecule has 1 atom stereocenters. The van der Waals surface area contributed by atoms with Crippen LogP contribution in [0.1, 0.15) is 17.4 Å². The maximum Gasteiger partial charge on any atom is 0.266 e. The lowest BCUT2D eigenvalue weighted by Crippen LogP contribution is -2.30. The summed E-state index contributed by atoms with van der Waals surface area (Å²) in [5.41, 5.74) is 1.13. The average Bonchev–Trinajstić information content (AvgIpc) is 3.06. The molecular weight excluding hydrogens is 391 g/mol. The highest BCUT2D eigenvalue weighted by Crippen LogP contribution is 2.23. The fourth-order valence-corrected chi connectivity index (χ4v) is 3.33. The lowest BCUT2D eigenvalue weighted by Gasteiger charge is -2.13. The molecule has 0 saturated heterocycles. The van der Waals surface area contributed by atoms with Crippen molar-refractivity contribution >= 4 is 45.6 Å². The van der Waals surface area contributed by atoms with Crippen LogP contribution in [0.2, 0.25) is 10.0 Å². The first-order valence-corrected chi connectivity index (χ1v) is 9.49. The third kappa shape index (κ3) is 5.21. The van der Waals surface area contributed by atoms with Gasteiger partial charge >= 0.3 is 0 Å². The molecule has 0 aliphatic heterocycles. The van der Waals surface area contributed by atoms with Gasteiger partial charge in [0.05, 0.1) is 0 Å². The number of aromatic nitrogens is 1. The minimum Gasteiger partial charge on any atom is -0.481 e. The lowest BCUT2D eigenvalue weighted by atomic mass is 10.1. The Hall–Kier alpha value is -2.08. The van der Waals surface area contributed by atoms with E-state index in [9.17, 15) is 4.79 Å². The molecule has 3 aromatic rings. The molecule has 1 amide bonds. The van der Waals surface area contributed by atoms with Gasteiger partial charge in [-0.3, -0.25) is 10.1 Å². The zero-order valence-electron chi connectivity index (χ0n) is 13.9. The van der Waals surface area contributed by atoms with Gasteiger partial charge in [0, 0.05) is 27.5 Å². The van der Waals surface area contributed by atoms with Crippen LogP contribution in [0.5, 0.6) is 5.75 Å². The Morgan fingerprint density at radius 3 is 2.38 bits per heavy atom. The zero-order chi connectivity index (χ0) is 18.5. The highest BCUT2D eigenvalue weighted by Gasteiger charge is 2.16. The maximum absolute atomic E-state index is 12.3. The molecule has 2 aromatic carbocycles. The summed E-state index contributed by atoms with van der Waals surface area (Å²) >= 11 is 13.2. The molecule has 134 valence electrons. The van der Waals surface area contributed by atoms with Gasteiger partial charge in [-0.15, -0.1) is 11.3 Å². The second-order valence-electron chi connectivity index (χ2n) is 5.64. The van der Waals surface area contributed by atoms with E-state index in [0.29, 0.717) is 20.9 Å². The van der Waals surface area contributed by atoms with Crippen molar-refractivity contribution in [2.75, 3.05) is 5.32 Å². The average molecular weight is 407 g/mol. The molecule has 0 radical (unpaired) electrons. The molecule has 0 bridgehead atoms. The normalized spacial score (nSPS) is 11.8. The maximum atomic E-state index is 12.3. The number of benzene rings is 2. The SMILES string of the molecule is CC(Oc1ccc(Cl)cc1)C(=O)Nc1ncc(Cc2ccc(Cl)cc2)s1. The quantitative estimate of drug-likeness (QED) is 0.592. The van der Waals surface area contributed by atoms with Gasteiger partial charge < -0.3 is 4.74 Å². The second kappa shape index (κ2) is 8.54. The zero-order valence-corrected chi connectivity index (χ0v) is 16.2. The number of amides is 1. The number of carbonyl (C=O) groups is 1. The Labute approximate surface area is 165 Å². The molecule has 1 heterocycles. The number of hydrogen-bond donors (Lipinski definition) is 1. The lowest BCUT2D eigenvalue weighted by molar-refractivity contribution is -0.122. The van der Waals surface area contributed by atoms with E-state index in [1.165, 1.54) is 11.3 Å². The second-order valence-corrected chi connectivity index (χ2v) is 7.63. The third-order valence-electron chi connectivity index (χ3n) is 3.57. The van der Waals surface area contributed by atoms with Crippen LogP contribution in [0.3, 0.4) is 0 Å². The molecule has 0 saturated carbocycles. The molecular formula is C19H16Cl2N2O2S. The van der Waals surface area contributed by atoms with Crippen LogP contribution >= 0.6 is 34.5 Å². The Balaban J connectivity index is 1.56. The Bertz CT molecular complexity index is 879. The molecule has 1 aromatic heterocycles. The topological polar surface area (TPSA) is 51.2 Å². The molecule has 0 spiro atoms. The van der Waals surface area contributed by atoms with Crippen LogP contribution in [-0.4, -0.2) is 17.0 Å². The number of nitrogens with one attached hydrogen (secondary N) is 1. The van der Waals surface area contributed by atoms with E-state index < -0.39 is 6.10 Å². The van der Waals surface area contributed by atoms with E-state index in [4.69, 9.17) is 27.9 Å². The largest absolute Gasteiger partial charge is 0.481 e. The summed E-state index contributed by atoms with van der Waals surface area (Å²) in [5, 5.41) is 4.66. The Kier molecular flexibility index (Phi) is 6.14. The summed E-state index contributed by atoms with van der Waals surface area (Å²) < 4.78 is 5.61. The molecule has 0 fully saturated rings. The summed E-state index contributed by atoms with van der Waals surface area (Å²) in [6.45, 7) is 1.69. The third-order valence-corrected chi connectivity index (χ3v) is 4.99. The van der Waals surface area contributed by atoms with E-state index >= 15 is 0 Å². The van der Waals surface area contributed by atoms with Crippen LogP contribution in [-0.2, 0) is 11.2 Å². The number of nitrogens with zero attached hydrogens (tertiary/aromatic N) is 1. The summed E-state index contributed by atoms with van der Waals surface area (Å²) in [5.74, 6) is 0.326. The minimum absolute atomic E-state index is 0.257. The number of ether oxygens (including phenoxy) is 1. The van der Waals surface area contributed by atoms with Crippen molar-refractivity contribution in [3.8, 4) is 5.75 Å². The van der Waals surface area contributed by atoms with Crippen molar-refractivity contribution in [2.24, 2.45) is 0 Å². The van der Waals surface area contributed by atoms with Crippen molar-refractivity contribution in [1.29, 1.82) is 0 Å². The van der Waals surface area contributed by atoms with Crippen LogP contribution in [0, 0.1) is 0 Å². The number of anilines is 1. The molecule has 3 rings (SSSR count). The predicted molar refractivity (Wildman–Crippen MR) is 107 cm³/mol. The van der Waals surface area contributed by atoms with E-state index in [1.807, 2.05) is 24.3 Å². The summed E-state index contributed by atoms with van der Waals surface area (Å²) in [6.07, 6.45) is 1.85. The van der Waals surface area contributed by atoms with Gasteiger partial charge in [0.2, 0.25) is 0 Å². The first-order valence-electron chi connectivity index (χ1n) is 7.92. The predicted octanol–water partition coefficient (Wildman–Crippen LogP) is 5.45. The van der Waals surface area contributed by atoms with Crippen LogP contribution in [0.15, 0.2) is 54.7 Å². The molecule has 26 heavy (non-hydrogen) atoms. The summed E-state index contributed by atoms with van der Waals surface area (Å²) in [6, 6.07) is 14.5. The molecule has 1 N–H and O–H groups in total. The van der Waals surface area contributed by atoms with Crippen LogP contribution in [0.4, 0.5) is 5.13 Å². The van der Waals surface area contributed by atoms with Gasteiger partial charge in [-0.2, -0.15) is 0 Å². The van der Waals surface area contributed by atoms with E-state index in [0.717, 1.165) is 16.9 Å². The van der Waals surface area contributed by atoms with Crippen molar-refractivity contribution in [3.05, 3.63) is 75.2 Å². The van der Waals surface area contributed by atoms with Crippen LogP contribution < -0.4 is 10.1 Å². The van der Waals surface area contributed by atoms with Gasteiger partial charge in [-0.1, -0.05) is 35.3 Å². The minimum atomic E-state index is -0.653. The number of halogens is 2. The van der Waals surface area contributed by atoms with Gasteiger partial charge in [0.25, 0.3) is 5.91 Å². The summed E-state index contributed by atoms with van der Waals surface area (Å²) in [7, 11) is 0. The molecule has 1 unspecified atom stereocenters. The molecule has 7 heteroatoms. The first kappa shape index (κ1) is 18.7. The fraction of sp³-hybridized carbons (Fsp3) is 0.158. The number of thiazole rings is 1. The number of rotatable bonds is 6.